The number of hydrogen-bond acceptors (Lipinski definition) is 6. The standard InChI is InChI=1S/C16H15N3O5/c1-2-23-8-7-18-10-11(9-17-18)16(22)24-19-14(20)12-5-3-4-6-13(12)15(19)21/h3-6,9-10H,2,7-8H2,1H3. The predicted molar refractivity (Wildman–Crippen MR) is 81.1 cm³/mol. The van der Waals surface area contributed by atoms with E-state index in [2.05, 4.69) is 5.10 Å². The van der Waals surface area contributed by atoms with Gasteiger partial charge < -0.3 is 9.57 Å². The topological polar surface area (TPSA) is 90.7 Å². The zero-order valence-corrected chi connectivity index (χ0v) is 13.0. The summed E-state index contributed by atoms with van der Waals surface area (Å²) in [6.07, 6.45) is 2.78. The summed E-state index contributed by atoms with van der Waals surface area (Å²) < 4.78 is 6.73. The molecule has 0 unspecified atom stereocenters. The van der Waals surface area contributed by atoms with Crippen molar-refractivity contribution in [1.82, 2.24) is 14.8 Å². The van der Waals surface area contributed by atoms with Crippen LogP contribution in [0.1, 0.15) is 38.0 Å². The first-order valence-electron chi connectivity index (χ1n) is 7.42. The Morgan fingerprint density at radius 2 is 1.83 bits per heavy atom. The number of carbonyl (C=O) groups excluding carboxylic acids is 3. The van der Waals surface area contributed by atoms with Gasteiger partial charge in [0.25, 0.3) is 11.8 Å². The van der Waals surface area contributed by atoms with Gasteiger partial charge in [0.2, 0.25) is 0 Å². The Labute approximate surface area is 137 Å². The second-order valence-electron chi connectivity index (χ2n) is 5.02. The van der Waals surface area contributed by atoms with Gasteiger partial charge in [-0.1, -0.05) is 17.2 Å². The summed E-state index contributed by atoms with van der Waals surface area (Å²) >= 11 is 0. The zero-order chi connectivity index (χ0) is 17.1. The van der Waals surface area contributed by atoms with Crippen LogP contribution in [0.15, 0.2) is 36.7 Å². The van der Waals surface area contributed by atoms with Crippen LogP contribution in [-0.4, -0.2) is 45.8 Å². The Morgan fingerprint density at radius 1 is 1.17 bits per heavy atom. The van der Waals surface area contributed by atoms with Crippen molar-refractivity contribution < 1.29 is 24.0 Å². The first kappa shape index (κ1) is 15.9. The molecule has 0 saturated carbocycles. The predicted octanol–water partition coefficient (Wildman–Crippen LogP) is 1.29. The minimum atomic E-state index is -0.827. The average molecular weight is 329 g/mol. The Morgan fingerprint density at radius 3 is 2.46 bits per heavy atom. The van der Waals surface area contributed by atoms with Crippen molar-refractivity contribution in [2.24, 2.45) is 0 Å². The van der Waals surface area contributed by atoms with E-state index in [1.807, 2.05) is 6.92 Å². The number of nitrogens with zero attached hydrogens (tertiary/aromatic N) is 3. The Bertz CT molecular complexity index is 764. The molecule has 0 fully saturated rings. The van der Waals surface area contributed by atoms with Crippen LogP contribution in [0.25, 0.3) is 0 Å². The molecule has 0 spiro atoms. The molecule has 1 aliphatic rings. The molecule has 0 bridgehead atoms. The summed E-state index contributed by atoms with van der Waals surface area (Å²) in [5.41, 5.74) is 0.563. The SMILES string of the molecule is CCOCCn1cc(C(=O)ON2C(=O)c3ccccc3C2=O)cn1. The second kappa shape index (κ2) is 6.63. The highest BCUT2D eigenvalue weighted by Crippen LogP contribution is 2.23. The Balaban J connectivity index is 1.68. The molecule has 2 amide bonds. The summed E-state index contributed by atoms with van der Waals surface area (Å²) in [6, 6.07) is 6.29. The molecule has 1 aromatic carbocycles. The molecule has 8 heteroatoms. The molecule has 1 aliphatic heterocycles. The van der Waals surface area contributed by atoms with Crippen LogP contribution in [0.5, 0.6) is 0 Å². The fourth-order valence-electron chi connectivity index (χ4n) is 2.28. The lowest BCUT2D eigenvalue weighted by atomic mass is 10.1. The monoisotopic (exact) mass is 329 g/mol. The number of fused-ring (bicyclic) bond motifs is 1. The number of ether oxygens (including phenoxy) is 1. The zero-order valence-electron chi connectivity index (χ0n) is 13.0. The molecule has 0 saturated heterocycles. The molecule has 0 atom stereocenters. The summed E-state index contributed by atoms with van der Waals surface area (Å²) in [5.74, 6) is -2.15. The Kier molecular flexibility index (Phi) is 4.39. The number of amides is 2. The van der Waals surface area contributed by atoms with Gasteiger partial charge in [0.05, 0.1) is 36.0 Å². The summed E-state index contributed by atoms with van der Waals surface area (Å²) in [7, 11) is 0. The van der Waals surface area contributed by atoms with Crippen molar-refractivity contribution in [2.75, 3.05) is 13.2 Å². The number of aromatic nitrogens is 2. The quantitative estimate of drug-likeness (QED) is 0.586. The highest BCUT2D eigenvalue weighted by molar-refractivity contribution is 6.21. The van der Waals surface area contributed by atoms with Gasteiger partial charge in [-0.05, 0) is 19.1 Å². The van der Waals surface area contributed by atoms with Crippen LogP contribution < -0.4 is 0 Å². The van der Waals surface area contributed by atoms with Crippen molar-refractivity contribution in [2.45, 2.75) is 13.5 Å². The molecular weight excluding hydrogens is 314 g/mol. The Hall–Kier alpha value is -3.00. The third kappa shape index (κ3) is 2.91. The number of benzene rings is 1. The normalized spacial score (nSPS) is 13.3. The van der Waals surface area contributed by atoms with Gasteiger partial charge in [-0.2, -0.15) is 5.10 Å². The fourth-order valence-corrected chi connectivity index (χ4v) is 2.28. The van der Waals surface area contributed by atoms with Gasteiger partial charge in [0.1, 0.15) is 0 Å². The van der Waals surface area contributed by atoms with Crippen LogP contribution in [0.3, 0.4) is 0 Å². The first-order valence-corrected chi connectivity index (χ1v) is 7.42. The van der Waals surface area contributed by atoms with Crippen molar-refractivity contribution in [3.05, 3.63) is 53.3 Å². The van der Waals surface area contributed by atoms with E-state index in [9.17, 15) is 14.4 Å². The lowest BCUT2D eigenvalue weighted by Crippen LogP contribution is -2.32. The molecular formula is C16H15N3O5. The number of hydroxylamine groups is 2. The van der Waals surface area contributed by atoms with Gasteiger partial charge in [-0.3, -0.25) is 14.3 Å². The average Bonchev–Trinajstić information content (AvgIpc) is 3.15. The summed E-state index contributed by atoms with van der Waals surface area (Å²) in [4.78, 5) is 41.4. The van der Waals surface area contributed by atoms with Gasteiger partial charge in [-0.15, -0.1) is 0 Å². The minimum absolute atomic E-state index is 0.142. The van der Waals surface area contributed by atoms with Crippen molar-refractivity contribution in [3.8, 4) is 0 Å². The molecule has 0 N–H and O–H groups in total. The van der Waals surface area contributed by atoms with Crippen LogP contribution >= 0.6 is 0 Å². The maximum atomic E-state index is 12.1. The van der Waals surface area contributed by atoms with Crippen LogP contribution in [0, 0.1) is 0 Å². The smallest absolute Gasteiger partial charge is 0.367 e. The molecule has 2 aromatic rings. The molecule has 0 aliphatic carbocycles. The third-order valence-electron chi connectivity index (χ3n) is 3.47. The van der Waals surface area contributed by atoms with Gasteiger partial charge >= 0.3 is 5.97 Å². The largest absolute Gasteiger partial charge is 0.380 e. The van der Waals surface area contributed by atoms with E-state index in [4.69, 9.17) is 9.57 Å². The molecule has 0 radical (unpaired) electrons. The lowest BCUT2D eigenvalue weighted by molar-refractivity contribution is -0.0584. The van der Waals surface area contributed by atoms with Crippen molar-refractivity contribution in [3.63, 3.8) is 0 Å². The maximum Gasteiger partial charge on any atom is 0.367 e. The second-order valence-corrected chi connectivity index (χ2v) is 5.02. The summed E-state index contributed by atoms with van der Waals surface area (Å²) in [5, 5.41) is 4.49. The number of imide groups is 1. The molecule has 124 valence electrons. The highest BCUT2D eigenvalue weighted by atomic mass is 16.7. The molecule has 1 aromatic heterocycles. The summed E-state index contributed by atoms with van der Waals surface area (Å²) in [6.45, 7) is 3.42. The molecule has 8 nitrogen and oxygen atoms in total. The molecule has 24 heavy (non-hydrogen) atoms. The van der Waals surface area contributed by atoms with E-state index in [0.717, 1.165) is 0 Å². The fraction of sp³-hybridized carbons (Fsp3) is 0.250. The van der Waals surface area contributed by atoms with Crippen LogP contribution in [0.4, 0.5) is 0 Å². The van der Waals surface area contributed by atoms with E-state index in [0.29, 0.717) is 24.8 Å². The molecule has 2 heterocycles. The van der Waals surface area contributed by atoms with Gasteiger partial charge in [0.15, 0.2) is 0 Å². The number of hydrogen-bond donors (Lipinski definition) is 0. The minimum Gasteiger partial charge on any atom is -0.380 e. The highest BCUT2D eigenvalue weighted by Gasteiger charge is 2.38. The van der Waals surface area contributed by atoms with Crippen LogP contribution in [0.2, 0.25) is 0 Å². The van der Waals surface area contributed by atoms with E-state index >= 15 is 0 Å². The van der Waals surface area contributed by atoms with E-state index in [1.165, 1.54) is 29.2 Å². The number of carbonyl (C=O) groups is 3. The third-order valence-corrected chi connectivity index (χ3v) is 3.47. The van der Waals surface area contributed by atoms with E-state index in [1.54, 1.807) is 12.1 Å². The van der Waals surface area contributed by atoms with Crippen molar-refractivity contribution >= 4 is 17.8 Å². The van der Waals surface area contributed by atoms with E-state index in [-0.39, 0.29) is 16.7 Å². The van der Waals surface area contributed by atoms with Gasteiger partial charge in [0, 0.05) is 12.8 Å². The van der Waals surface area contributed by atoms with Crippen molar-refractivity contribution in [1.29, 1.82) is 0 Å². The molecule has 3 rings (SSSR count). The van der Waals surface area contributed by atoms with E-state index < -0.39 is 17.8 Å². The van der Waals surface area contributed by atoms with Gasteiger partial charge in [-0.25, -0.2) is 4.79 Å². The maximum absolute atomic E-state index is 12.1. The first-order chi connectivity index (χ1) is 11.6. The number of rotatable bonds is 6. The van der Waals surface area contributed by atoms with Crippen LogP contribution in [-0.2, 0) is 16.1 Å². The lowest BCUT2D eigenvalue weighted by Gasteiger charge is -2.11.